The lowest BCUT2D eigenvalue weighted by molar-refractivity contribution is -0.161. The van der Waals surface area contributed by atoms with Gasteiger partial charge in [0.2, 0.25) is 0 Å². The van der Waals surface area contributed by atoms with Crippen LogP contribution in [-0.2, 0) is 32.7 Å². The minimum atomic E-state index is -4.61. The number of hydrogen-bond donors (Lipinski definition) is 3. The Morgan fingerprint density at radius 1 is 0.612 bits per heavy atom. The van der Waals surface area contributed by atoms with Gasteiger partial charge in [-0.25, -0.2) is 4.57 Å². The third kappa shape index (κ3) is 34.4. The fourth-order valence-electron chi connectivity index (χ4n) is 4.77. The number of carbonyl (C=O) groups excluding carboxylic acids is 2. The van der Waals surface area contributed by atoms with Gasteiger partial charge in [0.15, 0.2) is 6.10 Å². The highest BCUT2D eigenvalue weighted by Gasteiger charge is 2.27. The first-order chi connectivity index (χ1) is 23.7. The van der Waals surface area contributed by atoms with Crippen LogP contribution in [0.25, 0.3) is 0 Å². The lowest BCUT2D eigenvalue weighted by Gasteiger charge is -2.20. The third-order valence-electron chi connectivity index (χ3n) is 7.77. The zero-order valence-corrected chi connectivity index (χ0v) is 31.5. The molecule has 0 saturated carbocycles. The molecule has 49 heavy (non-hydrogen) atoms. The van der Waals surface area contributed by atoms with Crippen molar-refractivity contribution in [3.63, 3.8) is 0 Å². The monoisotopic (exact) mass is 716 g/mol. The van der Waals surface area contributed by atoms with Gasteiger partial charge in [0, 0.05) is 12.8 Å². The fraction of sp³-hybridized carbons (Fsp3) is 0.789. The maximum absolute atomic E-state index is 12.5. The van der Waals surface area contributed by atoms with Crippen LogP contribution in [0.5, 0.6) is 0 Å². The van der Waals surface area contributed by atoms with Crippen molar-refractivity contribution < 1.29 is 47.8 Å². The van der Waals surface area contributed by atoms with E-state index < -0.39 is 51.8 Å². The Morgan fingerprint density at radius 3 is 1.65 bits per heavy atom. The number of carbonyl (C=O) groups is 2. The van der Waals surface area contributed by atoms with Gasteiger partial charge < -0.3 is 24.6 Å². The van der Waals surface area contributed by atoms with Gasteiger partial charge in [-0.15, -0.1) is 0 Å². The van der Waals surface area contributed by atoms with E-state index in [1.165, 1.54) is 32.1 Å². The molecule has 0 aromatic rings. The van der Waals surface area contributed by atoms with E-state index in [9.17, 15) is 24.2 Å². The highest BCUT2D eigenvalue weighted by atomic mass is 31.2. The summed E-state index contributed by atoms with van der Waals surface area (Å²) in [7, 11) is -4.61. The average Bonchev–Trinajstić information content (AvgIpc) is 3.09. The summed E-state index contributed by atoms with van der Waals surface area (Å²) >= 11 is 0. The molecule has 0 saturated heterocycles. The first-order valence-electron chi connectivity index (χ1n) is 18.9. The molecule has 3 N–H and O–H groups in total. The molecule has 0 aliphatic heterocycles. The van der Waals surface area contributed by atoms with E-state index in [4.69, 9.17) is 19.1 Å². The largest absolute Gasteiger partial charge is 0.472 e. The second kappa shape index (κ2) is 34.6. The van der Waals surface area contributed by atoms with E-state index in [-0.39, 0.29) is 19.4 Å². The lowest BCUT2D eigenvalue weighted by Crippen LogP contribution is -2.29. The molecular weight excluding hydrogens is 647 g/mol. The number of aliphatic hydroxyl groups is 2. The molecular formula is C38H69O10P. The van der Waals surface area contributed by atoms with Crippen molar-refractivity contribution in [2.45, 2.75) is 167 Å². The molecule has 0 bridgehead atoms. The Hall–Kier alpha value is -1.81. The molecule has 0 aliphatic carbocycles. The zero-order valence-electron chi connectivity index (χ0n) is 30.7. The summed E-state index contributed by atoms with van der Waals surface area (Å²) in [6, 6.07) is 0. The molecule has 0 aromatic heterocycles. The molecule has 1 unspecified atom stereocenters. The average molecular weight is 717 g/mol. The molecule has 3 atom stereocenters. The van der Waals surface area contributed by atoms with Crippen LogP contribution in [-0.4, -0.2) is 65.7 Å². The quantitative estimate of drug-likeness (QED) is 0.0251. The fourth-order valence-corrected chi connectivity index (χ4v) is 5.56. The summed E-state index contributed by atoms with van der Waals surface area (Å²) in [5, 5.41) is 18.3. The standard InChI is InChI=1S/C38H69O10P/c1-3-5-7-9-11-13-15-17-18-20-22-24-26-28-30-38(42)48-36(34-47-49(43,44)46-32-35(40)31-39)33-45-37(41)29-27-25-23-21-19-16-14-12-10-8-6-4-2/h9,11-12,14-15,17,35-36,39-40H,3-8,10,13,16,18-34H2,1-2H3,(H,43,44)/b11-9+,14-12+,17-15+/t35-,36+/m0/s1. The first-order valence-corrected chi connectivity index (χ1v) is 20.4. The molecule has 11 heteroatoms. The number of esters is 2. The second-order valence-corrected chi connectivity index (χ2v) is 14.0. The van der Waals surface area contributed by atoms with Gasteiger partial charge in [-0.3, -0.25) is 18.6 Å². The van der Waals surface area contributed by atoms with Crippen molar-refractivity contribution in [3.05, 3.63) is 36.5 Å². The Morgan fingerprint density at radius 2 is 1.08 bits per heavy atom. The molecule has 0 aliphatic rings. The Labute approximate surface area is 297 Å². The van der Waals surface area contributed by atoms with Crippen LogP contribution < -0.4 is 0 Å². The molecule has 0 spiro atoms. The first kappa shape index (κ1) is 47.2. The van der Waals surface area contributed by atoms with Crippen LogP contribution >= 0.6 is 7.82 Å². The van der Waals surface area contributed by atoms with Crippen LogP contribution in [0.4, 0.5) is 0 Å². The number of rotatable bonds is 35. The zero-order chi connectivity index (χ0) is 36.3. The minimum Gasteiger partial charge on any atom is -0.462 e. The number of ether oxygens (including phenoxy) is 2. The summed E-state index contributed by atoms with van der Waals surface area (Å²) in [6.07, 6.45) is 32.5. The topological polar surface area (TPSA) is 149 Å². The smallest absolute Gasteiger partial charge is 0.462 e. The van der Waals surface area contributed by atoms with Gasteiger partial charge >= 0.3 is 19.8 Å². The van der Waals surface area contributed by atoms with Gasteiger partial charge in [0.05, 0.1) is 19.8 Å². The summed E-state index contributed by atoms with van der Waals surface area (Å²) in [5.74, 6) is -0.955. The molecule has 10 nitrogen and oxygen atoms in total. The van der Waals surface area contributed by atoms with E-state index in [1.54, 1.807) is 0 Å². The van der Waals surface area contributed by atoms with Gasteiger partial charge in [0.25, 0.3) is 0 Å². The van der Waals surface area contributed by atoms with Crippen LogP contribution in [0, 0.1) is 0 Å². The summed E-state index contributed by atoms with van der Waals surface area (Å²) in [6.45, 7) is 2.26. The van der Waals surface area contributed by atoms with E-state index in [1.807, 2.05) is 0 Å². The number of phosphoric ester groups is 1. The number of allylic oxidation sites excluding steroid dienone is 6. The molecule has 0 rings (SSSR count). The number of unbranched alkanes of at least 4 members (excludes halogenated alkanes) is 15. The van der Waals surface area contributed by atoms with Crippen LogP contribution in [0.1, 0.15) is 155 Å². The van der Waals surface area contributed by atoms with Crippen molar-refractivity contribution in [2.24, 2.45) is 0 Å². The van der Waals surface area contributed by atoms with E-state index >= 15 is 0 Å². The summed E-state index contributed by atoms with van der Waals surface area (Å²) in [5.41, 5.74) is 0. The van der Waals surface area contributed by atoms with E-state index in [0.29, 0.717) is 12.8 Å². The second-order valence-electron chi connectivity index (χ2n) is 12.6. The predicted molar refractivity (Wildman–Crippen MR) is 196 cm³/mol. The number of phosphoric acid groups is 1. The van der Waals surface area contributed by atoms with Gasteiger partial charge in [0.1, 0.15) is 12.7 Å². The van der Waals surface area contributed by atoms with Crippen molar-refractivity contribution >= 4 is 19.8 Å². The third-order valence-corrected chi connectivity index (χ3v) is 8.72. The lowest BCUT2D eigenvalue weighted by atomic mass is 10.1. The summed E-state index contributed by atoms with van der Waals surface area (Å²) in [4.78, 5) is 34.8. The highest BCUT2D eigenvalue weighted by molar-refractivity contribution is 7.47. The van der Waals surface area contributed by atoms with Gasteiger partial charge in [-0.1, -0.05) is 115 Å². The van der Waals surface area contributed by atoms with Crippen molar-refractivity contribution in [2.75, 3.05) is 26.4 Å². The van der Waals surface area contributed by atoms with Crippen molar-refractivity contribution in [3.8, 4) is 0 Å². The number of aliphatic hydroxyl groups excluding tert-OH is 2. The number of hydrogen-bond acceptors (Lipinski definition) is 9. The van der Waals surface area contributed by atoms with E-state index in [0.717, 1.165) is 83.5 Å². The molecule has 0 amide bonds. The van der Waals surface area contributed by atoms with Crippen LogP contribution in [0.3, 0.4) is 0 Å². The maximum Gasteiger partial charge on any atom is 0.472 e. The van der Waals surface area contributed by atoms with Crippen molar-refractivity contribution in [1.82, 2.24) is 0 Å². The molecule has 286 valence electrons. The molecule has 0 heterocycles. The SMILES string of the molecule is CCCC/C=C/C/C=C/CCCCCCCC(=O)O[C@H](COC(=O)CCCCCCC/C=C/CCCCC)COP(=O)(O)OC[C@@H](O)CO. The van der Waals surface area contributed by atoms with Crippen LogP contribution in [0.15, 0.2) is 36.5 Å². The molecule has 0 aromatic carbocycles. The minimum absolute atomic E-state index is 0.166. The Kier molecular flexibility index (Phi) is 33.4. The summed E-state index contributed by atoms with van der Waals surface area (Å²) < 4.78 is 32.5. The molecule has 0 fully saturated rings. The Bertz CT molecular complexity index is 920. The van der Waals surface area contributed by atoms with E-state index in [2.05, 4.69) is 54.8 Å². The predicted octanol–water partition coefficient (Wildman–Crippen LogP) is 9.22. The maximum atomic E-state index is 12.5. The Balaban J connectivity index is 4.42. The normalized spacial score (nSPS) is 14.5. The van der Waals surface area contributed by atoms with Gasteiger partial charge in [-0.05, 0) is 64.2 Å². The van der Waals surface area contributed by atoms with Crippen LogP contribution in [0.2, 0.25) is 0 Å². The van der Waals surface area contributed by atoms with Crippen molar-refractivity contribution in [1.29, 1.82) is 0 Å². The van der Waals surface area contributed by atoms with Gasteiger partial charge in [-0.2, -0.15) is 0 Å². The highest BCUT2D eigenvalue weighted by Crippen LogP contribution is 2.43. The molecule has 0 radical (unpaired) electrons.